The van der Waals surface area contributed by atoms with Crippen molar-refractivity contribution >= 4 is 27.5 Å². The molecule has 0 saturated heterocycles. The van der Waals surface area contributed by atoms with Gasteiger partial charge >= 0.3 is 0 Å². The molecular formula is C13H14N4OS. The lowest BCUT2D eigenvalue weighted by atomic mass is 10.3. The minimum absolute atomic E-state index is 0.593. The second-order valence-corrected chi connectivity index (χ2v) is 5.28. The summed E-state index contributed by atoms with van der Waals surface area (Å²) < 4.78 is 5.37. The summed E-state index contributed by atoms with van der Waals surface area (Å²) in [4.78, 5) is 13.2. The zero-order chi connectivity index (χ0) is 13.4. The number of hydrogen-bond donors (Lipinski definition) is 2. The first-order valence-corrected chi connectivity index (χ1v) is 6.85. The van der Waals surface area contributed by atoms with E-state index in [1.165, 1.54) is 11.3 Å². The molecule has 0 atom stereocenters. The molecule has 5 nitrogen and oxygen atoms in total. The van der Waals surface area contributed by atoms with Gasteiger partial charge in [-0.25, -0.2) is 4.98 Å². The van der Waals surface area contributed by atoms with Gasteiger partial charge < -0.3 is 15.5 Å². The summed E-state index contributed by atoms with van der Waals surface area (Å²) in [6.45, 7) is 4.55. The first-order chi connectivity index (χ1) is 9.17. The normalized spacial score (nSPS) is 11.1. The molecule has 0 saturated carbocycles. The maximum Gasteiger partial charge on any atom is 0.215 e. The van der Waals surface area contributed by atoms with E-state index in [-0.39, 0.29) is 0 Å². The van der Waals surface area contributed by atoms with E-state index in [4.69, 9.17) is 10.5 Å². The molecule has 0 bridgehead atoms. The highest BCUT2D eigenvalue weighted by Crippen LogP contribution is 2.33. The molecule has 0 unspecified atom stereocenters. The van der Waals surface area contributed by atoms with Gasteiger partial charge in [0.2, 0.25) is 5.88 Å². The zero-order valence-electron chi connectivity index (χ0n) is 10.7. The van der Waals surface area contributed by atoms with Crippen LogP contribution in [0.15, 0.2) is 18.2 Å². The first kappa shape index (κ1) is 12.0. The minimum atomic E-state index is 0.593. The van der Waals surface area contributed by atoms with Crippen LogP contribution in [0.1, 0.15) is 12.5 Å². The average Bonchev–Trinajstić information content (AvgIpc) is 2.92. The van der Waals surface area contributed by atoms with E-state index in [0.717, 1.165) is 26.8 Å². The summed E-state index contributed by atoms with van der Waals surface area (Å²) in [7, 11) is 0. The van der Waals surface area contributed by atoms with Gasteiger partial charge in [-0.2, -0.15) is 4.98 Å². The number of ether oxygens (including phenoxy) is 1. The van der Waals surface area contributed by atoms with Crippen LogP contribution in [0.5, 0.6) is 5.88 Å². The van der Waals surface area contributed by atoms with E-state index in [1.807, 2.05) is 32.0 Å². The number of nitrogens with one attached hydrogen (secondary N) is 1. The molecule has 3 heterocycles. The van der Waals surface area contributed by atoms with E-state index >= 15 is 0 Å². The third-order valence-electron chi connectivity index (χ3n) is 2.76. The fraction of sp³-hybridized carbons (Fsp3) is 0.231. The molecule has 6 heteroatoms. The summed E-state index contributed by atoms with van der Waals surface area (Å²) in [5, 5.41) is 0.788. The van der Waals surface area contributed by atoms with Crippen LogP contribution in [-0.2, 0) is 0 Å². The highest BCUT2D eigenvalue weighted by atomic mass is 32.1. The summed E-state index contributed by atoms with van der Waals surface area (Å²) >= 11 is 1.52. The maximum atomic E-state index is 5.82. The Morgan fingerprint density at radius 3 is 2.89 bits per heavy atom. The summed E-state index contributed by atoms with van der Waals surface area (Å²) in [5.41, 5.74) is 8.49. The number of fused-ring (bicyclic) bond motifs is 1. The van der Waals surface area contributed by atoms with Crippen molar-refractivity contribution in [3.05, 3.63) is 23.8 Å². The highest BCUT2D eigenvalue weighted by Gasteiger charge is 2.12. The molecule has 3 rings (SSSR count). The van der Waals surface area contributed by atoms with Crippen LogP contribution < -0.4 is 10.5 Å². The van der Waals surface area contributed by atoms with E-state index in [2.05, 4.69) is 15.0 Å². The SMILES string of the molecule is CCOc1ccc2[nH]c(-c3sc(N)cc3C)nc2n1. The Labute approximate surface area is 114 Å². The average molecular weight is 274 g/mol. The first-order valence-electron chi connectivity index (χ1n) is 6.03. The molecule has 0 aliphatic heterocycles. The van der Waals surface area contributed by atoms with Crippen molar-refractivity contribution in [3.63, 3.8) is 0 Å². The van der Waals surface area contributed by atoms with Gasteiger partial charge in [-0.1, -0.05) is 0 Å². The number of nitrogens with two attached hydrogens (primary N) is 1. The van der Waals surface area contributed by atoms with Crippen molar-refractivity contribution in [2.45, 2.75) is 13.8 Å². The number of nitrogens with zero attached hydrogens (tertiary/aromatic N) is 2. The number of hydrogen-bond acceptors (Lipinski definition) is 5. The van der Waals surface area contributed by atoms with Gasteiger partial charge in [0.15, 0.2) is 11.5 Å². The van der Waals surface area contributed by atoms with E-state index in [1.54, 1.807) is 0 Å². The second kappa shape index (κ2) is 4.55. The Hall–Kier alpha value is -2.08. The van der Waals surface area contributed by atoms with Gasteiger partial charge in [0.05, 0.1) is 22.0 Å². The molecule has 0 spiro atoms. The maximum absolute atomic E-state index is 5.82. The number of H-pyrrole nitrogens is 1. The van der Waals surface area contributed by atoms with E-state index < -0.39 is 0 Å². The lowest BCUT2D eigenvalue weighted by Gasteiger charge is -1.99. The zero-order valence-corrected chi connectivity index (χ0v) is 11.5. The van der Waals surface area contributed by atoms with Crippen molar-refractivity contribution in [2.24, 2.45) is 0 Å². The van der Waals surface area contributed by atoms with Gasteiger partial charge in [0.1, 0.15) is 0 Å². The number of imidazole rings is 1. The standard InChI is InChI=1S/C13H14N4OS/c1-3-18-10-5-4-8-12(16-10)17-13(15-8)11-7(2)6-9(14)19-11/h4-6H,3,14H2,1-2H3,(H,15,16,17). The lowest BCUT2D eigenvalue weighted by Crippen LogP contribution is -1.93. The van der Waals surface area contributed by atoms with Gasteiger partial charge in [-0.05, 0) is 31.5 Å². The van der Waals surface area contributed by atoms with Gasteiger partial charge in [-0.15, -0.1) is 11.3 Å². The van der Waals surface area contributed by atoms with Gasteiger partial charge in [0.25, 0.3) is 0 Å². The van der Waals surface area contributed by atoms with Crippen LogP contribution in [0.4, 0.5) is 5.00 Å². The van der Waals surface area contributed by atoms with Crippen LogP contribution in [0, 0.1) is 6.92 Å². The number of rotatable bonds is 3. The topological polar surface area (TPSA) is 76.8 Å². The van der Waals surface area contributed by atoms with Crippen LogP contribution in [-0.4, -0.2) is 21.6 Å². The van der Waals surface area contributed by atoms with Crippen LogP contribution in [0.25, 0.3) is 21.9 Å². The van der Waals surface area contributed by atoms with Crippen LogP contribution in [0.3, 0.4) is 0 Å². The van der Waals surface area contributed by atoms with Crippen molar-refractivity contribution in [3.8, 4) is 16.6 Å². The monoisotopic (exact) mass is 274 g/mol. The number of aryl methyl sites for hydroxylation is 1. The lowest BCUT2D eigenvalue weighted by molar-refractivity contribution is 0.328. The Morgan fingerprint density at radius 1 is 1.37 bits per heavy atom. The molecule has 0 fully saturated rings. The minimum Gasteiger partial charge on any atom is -0.478 e. The molecule has 0 aliphatic carbocycles. The Morgan fingerprint density at radius 2 is 2.21 bits per heavy atom. The predicted molar refractivity (Wildman–Crippen MR) is 77.5 cm³/mol. The number of thiophene rings is 1. The largest absolute Gasteiger partial charge is 0.478 e. The highest BCUT2D eigenvalue weighted by molar-refractivity contribution is 7.19. The molecule has 19 heavy (non-hydrogen) atoms. The van der Waals surface area contributed by atoms with Crippen molar-refractivity contribution in [1.29, 1.82) is 0 Å². The number of anilines is 1. The molecule has 3 aromatic heterocycles. The Kier molecular flexibility index (Phi) is 2.87. The van der Waals surface area contributed by atoms with Crippen molar-refractivity contribution in [1.82, 2.24) is 15.0 Å². The van der Waals surface area contributed by atoms with Crippen LogP contribution >= 0.6 is 11.3 Å². The van der Waals surface area contributed by atoms with E-state index in [0.29, 0.717) is 18.1 Å². The molecule has 0 aromatic carbocycles. The molecule has 0 amide bonds. The Bertz CT molecular complexity index is 731. The number of nitrogen functional groups attached to an aromatic ring is 1. The third kappa shape index (κ3) is 2.15. The van der Waals surface area contributed by atoms with Gasteiger partial charge in [-0.3, -0.25) is 0 Å². The van der Waals surface area contributed by atoms with Crippen molar-refractivity contribution in [2.75, 3.05) is 12.3 Å². The van der Waals surface area contributed by atoms with Crippen molar-refractivity contribution < 1.29 is 4.74 Å². The third-order valence-corrected chi connectivity index (χ3v) is 3.84. The number of aromatic amines is 1. The molecule has 3 N–H and O–H groups in total. The van der Waals surface area contributed by atoms with Crippen LogP contribution in [0.2, 0.25) is 0 Å². The molecule has 0 aliphatic rings. The van der Waals surface area contributed by atoms with Gasteiger partial charge in [0, 0.05) is 6.07 Å². The fourth-order valence-corrected chi connectivity index (χ4v) is 2.84. The number of aromatic nitrogens is 3. The van der Waals surface area contributed by atoms with E-state index in [9.17, 15) is 0 Å². The quantitative estimate of drug-likeness (QED) is 0.769. The fourth-order valence-electron chi connectivity index (χ4n) is 1.95. The molecule has 98 valence electrons. The predicted octanol–water partition coefficient (Wildman–Crippen LogP) is 2.98. The Balaban J connectivity index is 2.08. The summed E-state index contributed by atoms with van der Waals surface area (Å²) in [6.07, 6.45) is 0. The number of pyridine rings is 1. The molecule has 3 aromatic rings. The smallest absolute Gasteiger partial charge is 0.215 e. The molecular weight excluding hydrogens is 260 g/mol. The summed E-state index contributed by atoms with van der Waals surface area (Å²) in [5.74, 6) is 1.39. The summed E-state index contributed by atoms with van der Waals surface area (Å²) in [6, 6.07) is 5.71. The second-order valence-electron chi connectivity index (χ2n) is 4.20. The molecule has 0 radical (unpaired) electrons.